The van der Waals surface area contributed by atoms with E-state index < -0.39 is 21.9 Å². The van der Waals surface area contributed by atoms with Gasteiger partial charge in [0.2, 0.25) is 5.75 Å². The third-order valence-electron chi connectivity index (χ3n) is 1.40. The second-order valence-electron chi connectivity index (χ2n) is 2.22. The number of hydrogen-bond acceptors (Lipinski definition) is 4. The normalized spacial score (nSPS) is 9.75. The van der Waals surface area contributed by atoms with Crippen molar-refractivity contribution < 1.29 is 10.0 Å². The van der Waals surface area contributed by atoms with Crippen molar-refractivity contribution in [3.8, 4) is 5.75 Å². The van der Waals surface area contributed by atoms with Crippen LogP contribution in [0, 0.1) is 10.1 Å². The van der Waals surface area contributed by atoms with Gasteiger partial charge < -0.3 is 9.67 Å². The van der Waals surface area contributed by atoms with Crippen molar-refractivity contribution in [2.45, 2.75) is 0 Å². The highest BCUT2D eigenvalue weighted by molar-refractivity contribution is 5.41. The molecule has 1 N–H and O–H groups in total. The molecule has 6 nitrogen and oxygen atoms in total. The maximum atomic E-state index is 11.0. The molecule has 0 aliphatic heterocycles. The van der Waals surface area contributed by atoms with Crippen LogP contribution in [-0.4, -0.2) is 14.6 Å². The van der Waals surface area contributed by atoms with Crippen LogP contribution in [-0.2, 0) is 7.05 Å². The smallest absolute Gasteiger partial charge is 0.375 e. The fourth-order valence-corrected chi connectivity index (χ4v) is 0.777. The monoisotopic (exact) mass is 170 g/mol. The first kappa shape index (κ1) is 8.25. The zero-order valence-corrected chi connectivity index (χ0v) is 6.22. The molecule has 0 saturated heterocycles. The molecular formula is C6H6N2O4. The zero-order valence-electron chi connectivity index (χ0n) is 6.22. The van der Waals surface area contributed by atoms with Gasteiger partial charge in [-0.1, -0.05) is 0 Å². The zero-order chi connectivity index (χ0) is 9.30. The van der Waals surface area contributed by atoms with Crippen LogP contribution in [0.5, 0.6) is 5.75 Å². The molecule has 0 radical (unpaired) electrons. The average Bonchev–Trinajstić information content (AvgIpc) is 1.97. The predicted molar refractivity (Wildman–Crippen MR) is 40.0 cm³/mol. The first-order valence-corrected chi connectivity index (χ1v) is 3.07. The van der Waals surface area contributed by atoms with Crippen LogP contribution >= 0.6 is 0 Å². The number of rotatable bonds is 1. The Labute approximate surface area is 66.8 Å². The molecule has 0 fully saturated rings. The van der Waals surface area contributed by atoms with E-state index in [4.69, 9.17) is 5.11 Å². The highest BCUT2D eigenvalue weighted by Gasteiger charge is 2.19. The van der Waals surface area contributed by atoms with E-state index in [2.05, 4.69) is 0 Å². The van der Waals surface area contributed by atoms with Crippen molar-refractivity contribution in [1.29, 1.82) is 0 Å². The molecule has 0 aromatic carbocycles. The number of nitro groups is 1. The van der Waals surface area contributed by atoms with Crippen molar-refractivity contribution in [3.05, 3.63) is 32.7 Å². The standard InChI is InChI=1S/C6H6N2O4/c1-7-3-2-4(9)5(6(7)10)8(11)12/h2-3,9H,1H3. The van der Waals surface area contributed by atoms with Gasteiger partial charge in [-0.05, 0) is 0 Å². The number of pyridine rings is 1. The summed E-state index contributed by atoms with van der Waals surface area (Å²) in [4.78, 5) is 20.3. The van der Waals surface area contributed by atoms with Gasteiger partial charge in [0.15, 0.2) is 0 Å². The molecule has 0 aliphatic carbocycles. The second kappa shape index (κ2) is 2.65. The van der Waals surface area contributed by atoms with E-state index in [-0.39, 0.29) is 0 Å². The van der Waals surface area contributed by atoms with Crippen LogP contribution in [0.4, 0.5) is 5.69 Å². The lowest BCUT2D eigenvalue weighted by Crippen LogP contribution is -2.18. The summed E-state index contributed by atoms with van der Waals surface area (Å²) in [6.45, 7) is 0. The molecule has 1 aromatic heterocycles. The Morgan fingerprint density at radius 3 is 2.67 bits per heavy atom. The average molecular weight is 170 g/mol. The molecule has 1 rings (SSSR count). The fourth-order valence-electron chi connectivity index (χ4n) is 0.777. The Hall–Kier alpha value is -1.85. The third-order valence-corrected chi connectivity index (χ3v) is 1.40. The quantitative estimate of drug-likeness (QED) is 0.474. The maximum absolute atomic E-state index is 11.0. The van der Waals surface area contributed by atoms with E-state index in [0.717, 1.165) is 10.6 Å². The minimum absolute atomic E-state index is 0.608. The predicted octanol–water partition coefficient (Wildman–Crippen LogP) is -0.000900. The highest BCUT2D eigenvalue weighted by atomic mass is 16.6. The van der Waals surface area contributed by atoms with E-state index in [1.54, 1.807) is 0 Å². The number of aromatic nitrogens is 1. The second-order valence-corrected chi connectivity index (χ2v) is 2.22. The van der Waals surface area contributed by atoms with E-state index in [1.165, 1.54) is 13.2 Å². The van der Waals surface area contributed by atoms with Crippen molar-refractivity contribution in [1.82, 2.24) is 4.57 Å². The van der Waals surface area contributed by atoms with Gasteiger partial charge in [0.1, 0.15) is 0 Å². The lowest BCUT2D eigenvalue weighted by atomic mass is 10.4. The highest BCUT2D eigenvalue weighted by Crippen LogP contribution is 2.18. The van der Waals surface area contributed by atoms with Crippen LogP contribution < -0.4 is 5.56 Å². The van der Waals surface area contributed by atoms with Crippen molar-refractivity contribution >= 4 is 5.69 Å². The number of aryl methyl sites for hydroxylation is 1. The largest absolute Gasteiger partial charge is 0.502 e. The molecule has 12 heavy (non-hydrogen) atoms. The molecule has 64 valence electrons. The van der Waals surface area contributed by atoms with E-state index in [1.807, 2.05) is 0 Å². The summed E-state index contributed by atoms with van der Waals surface area (Å²) in [6.07, 6.45) is 1.25. The van der Waals surface area contributed by atoms with Gasteiger partial charge in [-0.2, -0.15) is 0 Å². The van der Waals surface area contributed by atoms with Crippen LogP contribution in [0.25, 0.3) is 0 Å². The maximum Gasteiger partial charge on any atom is 0.375 e. The van der Waals surface area contributed by atoms with Gasteiger partial charge in [-0.3, -0.25) is 14.9 Å². The molecule has 0 unspecified atom stereocenters. The van der Waals surface area contributed by atoms with Gasteiger partial charge in [-0.25, -0.2) is 0 Å². The first-order valence-electron chi connectivity index (χ1n) is 3.07. The van der Waals surface area contributed by atoms with Crippen LogP contribution in [0.1, 0.15) is 0 Å². The Kier molecular flexibility index (Phi) is 1.82. The van der Waals surface area contributed by atoms with Crippen LogP contribution in [0.15, 0.2) is 17.1 Å². The fraction of sp³-hybridized carbons (Fsp3) is 0.167. The topological polar surface area (TPSA) is 85.4 Å². The van der Waals surface area contributed by atoms with Crippen LogP contribution in [0.2, 0.25) is 0 Å². The van der Waals surface area contributed by atoms with Gasteiger partial charge >= 0.3 is 11.2 Å². The molecule has 6 heteroatoms. The summed E-state index contributed by atoms with van der Waals surface area (Å²) in [5.41, 5.74) is -1.61. The van der Waals surface area contributed by atoms with E-state index in [0.29, 0.717) is 0 Å². The molecule has 0 amide bonds. The minimum atomic E-state index is -0.905. The summed E-state index contributed by atoms with van der Waals surface area (Å²) in [7, 11) is 1.37. The van der Waals surface area contributed by atoms with Gasteiger partial charge in [-0.15, -0.1) is 0 Å². The summed E-state index contributed by atoms with van der Waals surface area (Å²) < 4.78 is 1.03. The molecule has 1 aromatic rings. The van der Waals surface area contributed by atoms with E-state index >= 15 is 0 Å². The summed E-state index contributed by atoms with van der Waals surface area (Å²) >= 11 is 0. The van der Waals surface area contributed by atoms with Gasteiger partial charge in [0.25, 0.3) is 0 Å². The number of nitrogens with zero attached hydrogens (tertiary/aromatic N) is 2. The Balaban J connectivity index is 3.55. The SMILES string of the molecule is Cn1ccc(O)c([N+](=O)[O-])c1=O. The summed E-state index contributed by atoms with van der Waals surface area (Å²) in [6, 6.07) is 1.10. The number of hydrogen-bond donors (Lipinski definition) is 1. The molecule has 0 saturated carbocycles. The number of aromatic hydroxyl groups is 1. The van der Waals surface area contributed by atoms with Crippen molar-refractivity contribution in [3.63, 3.8) is 0 Å². The van der Waals surface area contributed by atoms with Gasteiger partial charge in [0.05, 0.1) is 4.92 Å². The third kappa shape index (κ3) is 1.14. The summed E-state index contributed by atoms with van der Waals surface area (Å²) in [5.74, 6) is -0.608. The molecule has 0 atom stereocenters. The lowest BCUT2D eigenvalue weighted by Gasteiger charge is -1.97. The Morgan fingerprint density at radius 2 is 2.25 bits per heavy atom. The minimum Gasteiger partial charge on any atom is -0.502 e. The molecule has 1 heterocycles. The van der Waals surface area contributed by atoms with Crippen LogP contribution in [0.3, 0.4) is 0 Å². The molecule has 0 aliphatic rings. The van der Waals surface area contributed by atoms with Crippen molar-refractivity contribution in [2.24, 2.45) is 7.05 Å². The first-order chi connectivity index (χ1) is 5.54. The molecular weight excluding hydrogens is 164 g/mol. The summed E-state index contributed by atoms with van der Waals surface area (Å²) in [5, 5.41) is 19.2. The Morgan fingerprint density at radius 1 is 1.67 bits per heavy atom. The Bertz CT molecular complexity index is 382. The van der Waals surface area contributed by atoms with E-state index in [9.17, 15) is 14.9 Å². The molecule has 0 bridgehead atoms. The van der Waals surface area contributed by atoms with Gasteiger partial charge in [0, 0.05) is 19.3 Å². The van der Waals surface area contributed by atoms with Crippen molar-refractivity contribution in [2.75, 3.05) is 0 Å². The lowest BCUT2D eigenvalue weighted by molar-refractivity contribution is -0.387. The molecule has 0 spiro atoms.